The Morgan fingerprint density at radius 2 is 2.12 bits per heavy atom. The quantitative estimate of drug-likeness (QED) is 0.681. The van der Waals surface area contributed by atoms with Gasteiger partial charge >= 0.3 is 5.97 Å². The third-order valence-corrected chi connectivity index (χ3v) is 4.76. The van der Waals surface area contributed by atoms with E-state index in [4.69, 9.17) is 4.74 Å². The van der Waals surface area contributed by atoms with E-state index in [1.54, 1.807) is 0 Å². The Balaban J connectivity index is 1.72. The summed E-state index contributed by atoms with van der Waals surface area (Å²) in [7, 11) is 0. The van der Waals surface area contributed by atoms with Gasteiger partial charge in [0.2, 0.25) is 0 Å². The van der Waals surface area contributed by atoms with Gasteiger partial charge in [-0.2, -0.15) is 0 Å². The predicted octanol–water partition coefficient (Wildman–Crippen LogP) is 2.50. The van der Waals surface area contributed by atoms with E-state index in [0.717, 1.165) is 25.1 Å². The van der Waals surface area contributed by atoms with Crippen LogP contribution in [0.15, 0.2) is 54.9 Å². The van der Waals surface area contributed by atoms with Crippen molar-refractivity contribution in [2.75, 3.05) is 13.1 Å². The maximum Gasteiger partial charge on any atom is 0.304 e. The topological polar surface area (TPSA) is 43.6 Å². The molecule has 4 nitrogen and oxygen atoms in total. The van der Waals surface area contributed by atoms with Crippen molar-refractivity contribution in [2.24, 2.45) is 0 Å². The number of carbonyl (C=O) groups is 1. The van der Waals surface area contributed by atoms with Crippen molar-refractivity contribution in [1.82, 2.24) is 4.98 Å². The Kier molecular flexibility index (Phi) is 6.40. The summed E-state index contributed by atoms with van der Waals surface area (Å²) < 4.78 is 5.41. The van der Waals surface area contributed by atoms with Crippen molar-refractivity contribution in [3.05, 3.63) is 66.0 Å². The number of pyridine rings is 1. The molecule has 1 aromatic heterocycles. The molecule has 2 heterocycles. The molecule has 0 aliphatic carbocycles. The molecule has 0 radical (unpaired) electrons. The van der Waals surface area contributed by atoms with Crippen LogP contribution in [0.1, 0.15) is 49.5 Å². The molecule has 1 aliphatic rings. The van der Waals surface area contributed by atoms with Gasteiger partial charge in [-0.25, -0.2) is 0 Å². The zero-order valence-electron chi connectivity index (χ0n) is 15.2. The van der Waals surface area contributed by atoms with Crippen LogP contribution in [0.25, 0.3) is 0 Å². The molecule has 1 aliphatic heterocycles. The highest BCUT2D eigenvalue weighted by Gasteiger charge is 2.27. The van der Waals surface area contributed by atoms with Gasteiger partial charge < -0.3 is 9.64 Å². The van der Waals surface area contributed by atoms with Crippen molar-refractivity contribution >= 4 is 5.97 Å². The number of aromatic nitrogens is 1. The summed E-state index contributed by atoms with van der Waals surface area (Å²) in [5.41, 5.74) is 2.19. The zero-order valence-corrected chi connectivity index (χ0v) is 15.2. The van der Waals surface area contributed by atoms with Crippen LogP contribution in [0.3, 0.4) is 0 Å². The van der Waals surface area contributed by atoms with Gasteiger partial charge in [0, 0.05) is 36.9 Å². The van der Waals surface area contributed by atoms with Crippen molar-refractivity contribution in [3.63, 3.8) is 0 Å². The molecule has 3 rings (SSSR count). The van der Waals surface area contributed by atoms with E-state index in [2.05, 4.69) is 22.9 Å². The van der Waals surface area contributed by atoms with Gasteiger partial charge in [-0.05, 0) is 30.7 Å². The molecular formula is C22H25N2O2+. The monoisotopic (exact) mass is 349 g/mol. The first-order valence-electron chi connectivity index (χ1n) is 9.19. The van der Waals surface area contributed by atoms with Crippen molar-refractivity contribution < 1.29 is 14.4 Å². The van der Waals surface area contributed by atoms with Gasteiger partial charge in [0.05, 0.1) is 6.54 Å². The van der Waals surface area contributed by atoms with Gasteiger partial charge in [-0.15, -0.1) is 0 Å². The highest BCUT2D eigenvalue weighted by Crippen LogP contribution is 2.18. The number of nitrogens with one attached hydrogen (secondary N) is 1. The molecule has 4 heteroatoms. The number of rotatable bonds is 4. The standard InChI is InChI=1S/C22H24N2O2/c1-18(25)26-22(19-9-3-2-4-10-19)13-8-16-24-15-6-5-12-21(24)20-11-7-14-23-17-20/h2-4,7,9-11,14,17,21-22H,5-6,12,15-16H2,1H3/p+1/t21-,22-/m1/s1. The SMILES string of the molecule is CC(=O)O[C@H](C#CC[NH+]1CCCC[C@@H]1c1cccnc1)c1ccccc1. The normalized spacial score (nSPS) is 20.5. The molecule has 134 valence electrons. The molecule has 1 fully saturated rings. The minimum Gasteiger partial charge on any atom is -0.444 e. The number of ether oxygens (including phenoxy) is 1. The lowest BCUT2D eigenvalue weighted by molar-refractivity contribution is -0.930. The molecule has 0 spiro atoms. The first kappa shape index (κ1) is 18.2. The number of benzene rings is 1. The summed E-state index contributed by atoms with van der Waals surface area (Å²) in [6, 6.07) is 14.3. The smallest absolute Gasteiger partial charge is 0.304 e. The molecule has 1 saturated heterocycles. The highest BCUT2D eigenvalue weighted by molar-refractivity contribution is 5.66. The van der Waals surface area contributed by atoms with Crippen LogP contribution in [0.5, 0.6) is 0 Å². The number of quaternary nitrogens is 1. The van der Waals surface area contributed by atoms with Crippen LogP contribution < -0.4 is 4.90 Å². The number of hydrogen-bond donors (Lipinski definition) is 1. The predicted molar refractivity (Wildman–Crippen MR) is 100 cm³/mol. The summed E-state index contributed by atoms with van der Waals surface area (Å²) >= 11 is 0. The number of piperidine rings is 1. The zero-order chi connectivity index (χ0) is 18.2. The Morgan fingerprint density at radius 1 is 1.27 bits per heavy atom. The van der Waals surface area contributed by atoms with Crippen molar-refractivity contribution in [2.45, 2.75) is 38.3 Å². The molecule has 0 saturated carbocycles. The average molecular weight is 349 g/mol. The third kappa shape index (κ3) is 4.93. The molecule has 3 atom stereocenters. The van der Waals surface area contributed by atoms with Gasteiger partial charge in [-0.1, -0.05) is 36.4 Å². The highest BCUT2D eigenvalue weighted by atomic mass is 16.5. The van der Waals surface area contributed by atoms with E-state index < -0.39 is 6.10 Å². The number of carbonyl (C=O) groups excluding carboxylic acids is 1. The second-order valence-corrected chi connectivity index (χ2v) is 6.64. The maximum atomic E-state index is 11.4. The van der Waals surface area contributed by atoms with Crippen LogP contribution in [0.2, 0.25) is 0 Å². The molecule has 1 aromatic carbocycles. The Hall–Kier alpha value is -2.64. The van der Waals surface area contributed by atoms with Crippen molar-refractivity contribution in [1.29, 1.82) is 0 Å². The summed E-state index contributed by atoms with van der Waals surface area (Å²) in [6.07, 6.45) is 6.91. The van der Waals surface area contributed by atoms with Crippen LogP contribution in [-0.2, 0) is 9.53 Å². The third-order valence-electron chi connectivity index (χ3n) is 4.76. The number of hydrogen-bond acceptors (Lipinski definition) is 3. The van der Waals surface area contributed by atoms with E-state index in [1.807, 2.05) is 48.8 Å². The fourth-order valence-electron chi connectivity index (χ4n) is 3.51. The average Bonchev–Trinajstić information content (AvgIpc) is 2.69. The van der Waals surface area contributed by atoms with E-state index >= 15 is 0 Å². The van der Waals surface area contributed by atoms with E-state index in [1.165, 1.54) is 30.2 Å². The molecule has 0 amide bonds. The lowest BCUT2D eigenvalue weighted by atomic mass is 9.96. The summed E-state index contributed by atoms with van der Waals surface area (Å²) in [6.45, 7) is 3.27. The first-order valence-corrected chi connectivity index (χ1v) is 9.19. The summed E-state index contributed by atoms with van der Waals surface area (Å²) in [5.74, 6) is 6.12. The van der Waals surface area contributed by atoms with Gasteiger partial charge in [0.15, 0.2) is 6.10 Å². The fourth-order valence-corrected chi connectivity index (χ4v) is 3.51. The van der Waals surface area contributed by atoms with Crippen LogP contribution in [0, 0.1) is 11.8 Å². The number of likely N-dealkylation sites (tertiary alicyclic amines) is 1. The lowest BCUT2D eigenvalue weighted by Gasteiger charge is -2.31. The van der Waals surface area contributed by atoms with E-state index in [9.17, 15) is 4.79 Å². The minimum atomic E-state index is -0.505. The molecule has 1 N–H and O–H groups in total. The Bertz CT molecular complexity index is 765. The number of nitrogens with zero attached hydrogens (tertiary/aromatic N) is 1. The Morgan fingerprint density at radius 3 is 2.85 bits per heavy atom. The molecule has 1 unspecified atom stereocenters. The molecule has 2 aromatic rings. The molecular weight excluding hydrogens is 324 g/mol. The molecule has 26 heavy (non-hydrogen) atoms. The number of esters is 1. The largest absolute Gasteiger partial charge is 0.444 e. The first-order chi connectivity index (χ1) is 12.7. The minimum absolute atomic E-state index is 0.313. The van der Waals surface area contributed by atoms with Crippen LogP contribution in [0.4, 0.5) is 0 Å². The second-order valence-electron chi connectivity index (χ2n) is 6.64. The second kappa shape index (κ2) is 9.17. The van der Waals surface area contributed by atoms with Gasteiger partial charge in [-0.3, -0.25) is 9.78 Å². The fraction of sp³-hybridized carbons (Fsp3) is 0.364. The van der Waals surface area contributed by atoms with Gasteiger partial charge in [0.1, 0.15) is 12.6 Å². The Labute approximate surface area is 155 Å². The van der Waals surface area contributed by atoms with E-state index in [-0.39, 0.29) is 5.97 Å². The van der Waals surface area contributed by atoms with Gasteiger partial charge in [0.25, 0.3) is 0 Å². The molecule has 0 bridgehead atoms. The van der Waals surface area contributed by atoms with E-state index in [0.29, 0.717) is 6.04 Å². The van der Waals surface area contributed by atoms with Crippen molar-refractivity contribution in [3.8, 4) is 11.8 Å². The maximum absolute atomic E-state index is 11.4. The summed E-state index contributed by atoms with van der Waals surface area (Å²) in [5, 5.41) is 0. The van der Waals surface area contributed by atoms with Crippen LogP contribution in [-0.4, -0.2) is 24.0 Å². The summed E-state index contributed by atoms with van der Waals surface area (Å²) in [4.78, 5) is 17.2. The lowest BCUT2D eigenvalue weighted by Crippen LogP contribution is -3.13. The van der Waals surface area contributed by atoms with Crippen LogP contribution >= 0.6 is 0 Å².